The Bertz CT molecular complexity index is 427. The summed E-state index contributed by atoms with van der Waals surface area (Å²) in [5.41, 5.74) is 0. The summed E-state index contributed by atoms with van der Waals surface area (Å²) >= 11 is 7.55. The molecule has 0 amide bonds. The fraction of sp³-hybridized carbons (Fsp3) is 0.643. The van der Waals surface area contributed by atoms with Gasteiger partial charge in [0.25, 0.3) is 0 Å². The normalized spacial score (nSPS) is 25.2. The highest BCUT2D eigenvalue weighted by Gasteiger charge is 2.25. The Morgan fingerprint density at radius 3 is 2.68 bits per heavy atom. The van der Waals surface area contributed by atoms with Crippen molar-refractivity contribution in [1.82, 2.24) is 5.32 Å². The molecule has 0 aliphatic heterocycles. The molecule has 0 aromatic carbocycles. The zero-order valence-electron chi connectivity index (χ0n) is 11.1. The van der Waals surface area contributed by atoms with Crippen LogP contribution in [0.15, 0.2) is 12.1 Å². The molecule has 0 spiro atoms. The lowest BCUT2D eigenvalue weighted by atomic mass is 9.82. The number of carboxylic acid groups (broad SMARTS) is 1. The lowest BCUT2D eigenvalue weighted by Crippen LogP contribution is -2.30. The van der Waals surface area contributed by atoms with Gasteiger partial charge in [-0.05, 0) is 57.2 Å². The predicted molar refractivity (Wildman–Crippen MR) is 78.8 cm³/mol. The number of aliphatic carboxylic acids is 1. The van der Waals surface area contributed by atoms with Crippen molar-refractivity contribution in [2.24, 2.45) is 11.8 Å². The van der Waals surface area contributed by atoms with Gasteiger partial charge in [0.1, 0.15) is 0 Å². The summed E-state index contributed by atoms with van der Waals surface area (Å²) < 4.78 is 0.825. The highest BCUT2D eigenvalue weighted by molar-refractivity contribution is 7.16. The molecule has 1 atom stereocenters. The second kappa shape index (κ2) is 6.73. The summed E-state index contributed by atoms with van der Waals surface area (Å²) in [6, 6.07) is 4.30. The van der Waals surface area contributed by atoms with Crippen LogP contribution < -0.4 is 5.32 Å². The van der Waals surface area contributed by atoms with Crippen molar-refractivity contribution >= 4 is 28.9 Å². The molecule has 0 saturated heterocycles. The molecule has 1 fully saturated rings. The zero-order chi connectivity index (χ0) is 13.8. The number of halogens is 1. The minimum atomic E-state index is -0.631. The number of carboxylic acids is 1. The summed E-state index contributed by atoms with van der Waals surface area (Å²) in [6.45, 7) is 3.11. The summed E-state index contributed by atoms with van der Waals surface area (Å²) in [5.74, 6) is -0.147. The van der Waals surface area contributed by atoms with Crippen LogP contribution in [-0.2, 0) is 4.79 Å². The Morgan fingerprint density at radius 1 is 1.47 bits per heavy atom. The van der Waals surface area contributed by atoms with E-state index in [1.54, 1.807) is 11.3 Å². The van der Waals surface area contributed by atoms with Gasteiger partial charge in [-0.2, -0.15) is 0 Å². The van der Waals surface area contributed by atoms with Crippen molar-refractivity contribution < 1.29 is 9.90 Å². The quantitative estimate of drug-likeness (QED) is 0.866. The number of hydrogen-bond acceptors (Lipinski definition) is 3. The minimum absolute atomic E-state index is 0.121. The molecule has 1 unspecified atom stereocenters. The van der Waals surface area contributed by atoms with Crippen molar-refractivity contribution in [3.63, 3.8) is 0 Å². The Balaban J connectivity index is 1.73. The Kier molecular flexibility index (Phi) is 5.25. The molecule has 19 heavy (non-hydrogen) atoms. The van der Waals surface area contributed by atoms with E-state index in [0.29, 0.717) is 12.0 Å². The lowest BCUT2D eigenvalue weighted by molar-refractivity contribution is -0.143. The van der Waals surface area contributed by atoms with Crippen LogP contribution in [0.1, 0.15) is 43.5 Å². The second-order valence-electron chi connectivity index (χ2n) is 5.33. The van der Waals surface area contributed by atoms with Crippen LogP contribution in [0.4, 0.5) is 0 Å². The van der Waals surface area contributed by atoms with Crippen molar-refractivity contribution in [1.29, 1.82) is 0 Å². The van der Waals surface area contributed by atoms with Gasteiger partial charge in [0.15, 0.2) is 0 Å². The van der Waals surface area contributed by atoms with Crippen LogP contribution in [0.5, 0.6) is 0 Å². The molecule has 1 saturated carbocycles. The van der Waals surface area contributed by atoms with E-state index in [0.717, 1.165) is 36.6 Å². The third kappa shape index (κ3) is 4.20. The Morgan fingerprint density at radius 2 is 2.16 bits per heavy atom. The molecule has 5 heteroatoms. The van der Waals surface area contributed by atoms with Gasteiger partial charge in [0.2, 0.25) is 0 Å². The molecule has 1 aromatic heterocycles. The van der Waals surface area contributed by atoms with E-state index in [1.165, 1.54) is 4.88 Å². The fourth-order valence-electron chi connectivity index (χ4n) is 2.62. The number of nitrogens with one attached hydrogen (secondary N) is 1. The van der Waals surface area contributed by atoms with Crippen LogP contribution in [0.2, 0.25) is 4.34 Å². The lowest BCUT2D eigenvalue weighted by Gasteiger charge is -2.27. The van der Waals surface area contributed by atoms with E-state index < -0.39 is 5.97 Å². The van der Waals surface area contributed by atoms with Crippen molar-refractivity contribution in [2.45, 2.75) is 38.6 Å². The number of carbonyl (C=O) groups is 1. The van der Waals surface area contributed by atoms with Crippen LogP contribution >= 0.6 is 22.9 Å². The van der Waals surface area contributed by atoms with Gasteiger partial charge in [-0.3, -0.25) is 4.79 Å². The molecule has 1 aliphatic rings. The molecule has 2 N–H and O–H groups in total. The first-order valence-electron chi connectivity index (χ1n) is 6.77. The van der Waals surface area contributed by atoms with Crippen molar-refractivity contribution in [3.05, 3.63) is 21.3 Å². The highest BCUT2D eigenvalue weighted by atomic mass is 35.5. The predicted octanol–water partition coefficient (Wildman–Crippen LogP) is 3.94. The number of hydrogen-bond donors (Lipinski definition) is 2. The molecule has 3 nitrogen and oxygen atoms in total. The van der Waals surface area contributed by atoms with Gasteiger partial charge >= 0.3 is 5.97 Å². The molecule has 1 heterocycles. The van der Waals surface area contributed by atoms with Crippen molar-refractivity contribution in [3.8, 4) is 0 Å². The number of rotatable bonds is 5. The summed E-state index contributed by atoms with van der Waals surface area (Å²) in [7, 11) is 0. The minimum Gasteiger partial charge on any atom is -0.481 e. The van der Waals surface area contributed by atoms with E-state index >= 15 is 0 Å². The van der Waals surface area contributed by atoms with E-state index in [2.05, 4.69) is 18.3 Å². The molecule has 0 radical (unpaired) electrons. The molecule has 0 bridgehead atoms. The van der Waals surface area contributed by atoms with Crippen LogP contribution in [-0.4, -0.2) is 17.6 Å². The molecule has 1 aliphatic carbocycles. The first kappa shape index (κ1) is 14.8. The summed E-state index contributed by atoms with van der Waals surface area (Å²) in [4.78, 5) is 12.1. The average molecular weight is 302 g/mol. The van der Waals surface area contributed by atoms with Gasteiger partial charge < -0.3 is 10.4 Å². The van der Waals surface area contributed by atoms with E-state index in [9.17, 15) is 4.79 Å². The maximum atomic E-state index is 10.9. The molecule has 106 valence electrons. The molecule has 1 aromatic rings. The van der Waals surface area contributed by atoms with Crippen LogP contribution in [0.3, 0.4) is 0 Å². The monoisotopic (exact) mass is 301 g/mol. The van der Waals surface area contributed by atoms with E-state index in [-0.39, 0.29) is 5.92 Å². The van der Waals surface area contributed by atoms with Gasteiger partial charge in [-0.15, -0.1) is 11.3 Å². The van der Waals surface area contributed by atoms with Gasteiger partial charge in [-0.25, -0.2) is 0 Å². The molecule has 2 rings (SSSR count). The number of thiophene rings is 1. The average Bonchev–Trinajstić information content (AvgIpc) is 2.83. The topological polar surface area (TPSA) is 49.3 Å². The van der Waals surface area contributed by atoms with E-state index in [4.69, 9.17) is 16.7 Å². The highest BCUT2D eigenvalue weighted by Crippen LogP contribution is 2.30. The van der Waals surface area contributed by atoms with Crippen molar-refractivity contribution in [2.75, 3.05) is 6.54 Å². The zero-order valence-corrected chi connectivity index (χ0v) is 12.6. The second-order valence-corrected chi connectivity index (χ2v) is 7.07. The standard InChI is InChI=1S/C14H20ClNO2S/c1-9(12-6-7-13(15)19-12)16-8-10-2-4-11(5-3-10)14(17)18/h6-7,9-11,16H,2-5,8H2,1H3,(H,17,18). The fourth-order valence-corrected chi connectivity index (χ4v) is 3.71. The largest absolute Gasteiger partial charge is 0.481 e. The Labute approximate surface area is 123 Å². The SMILES string of the molecule is CC(NCC1CCC(C(=O)O)CC1)c1ccc(Cl)s1. The van der Waals surface area contributed by atoms with Gasteiger partial charge in [0, 0.05) is 10.9 Å². The smallest absolute Gasteiger partial charge is 0.306 e. The maximum absolute atomic E-state index is 10.9. The summed E-state index contributed by atoms with van der Waals surface area (Å²) in [5, 5.41) is 12.5. The molecular formula is C14H20ClNO2S. The maximum Gasteiger partial charge on any atom is 0.306 e. The van der Waals surface area contributed by atoms with Crippen LogP contribution in [0, 0.1) is 11.8 Å². The third-order valence-electron chi connectivity index (χ3n) is 3.93. The van der Waals surface area contributed by atoms with Gasteiger partial charge in [0.05, 0.1) is 10.3 Å². The van der Waals surface area contributed by atoms with E-state index in [1.807, 2.05) is 6.07 Å². The van der Waals surface area contributed by atoms with Crippen LogP contribution in [0.25, 0.3) is 0 Å². The summed E-state index contributed by atoms with van der Waals surface area (Å²) in [6.07, 6.45) is 3.67. The first-order chi connectivity index (χ1) is 9.06. The molecular weight excluding hydrogens is 282 g/mol. The van der Waals surface area contributed by atoms with Gasteiger partial charge in [-0.1, -0.05) is 11.6 Å². The Hall–Kier alpha value is -0.580. The third-order valence-corrected chi connectivity index (χ3v) is 5.34. The first-order valence-corrected chi connectivity index (χ1v) is 7.97.